The average Bonchev–Trinajstić information content (AvgIpc) is 2.90. The summed E-state index contributed by atoms with van der Waals surface area (Å²) in [5, 5.41) is 1.44. The van der Waals surface area contributed by atoms with Crippen molar-refractivity contribution >= 4 is 27.3 Å². The fourth-order valence-corrected chi connectivity index (χ4v) is 3.29. The first kappa shape index (κ1) is 25.3. The van der Waals surface area contributed by atoms with Gasteiger partial charge in [-0.15, -0.1) is 11.3 Å². The molecule has 0 atom stereocenters. The number of halogens is 14. The predicted molar refractivity (Wildman–Crippen MR) is 75.7 cm³/mol. The molecule has 1 rings (SSSR count). The van der Waals surface area contributed by atoms with Crippen molar-refractivity contribution in [2.24, 2.45) is 0 Å². The summed E-state index contributed by atoms with van der Waals surface area (Å²) in [5.74, 6) is -36.5. The summed E-state index contributed by atoms with van der Waals surface area (Å²) in [6.45, 7) is 0. The molecule has 0 bridgehead atoms. The monoisotopic (exact) mass is 522 g/mol. The quantitative estimate of drug-likeness (QED) is 0.309. The first-order chi connectivity index (χ1) is 12.2. The second kappa shape index (κ2) is 7.51. The number of thiophene rings is 1. The minimum Gasteiger partial charge on any atom is -0.200 e. The molecule has 0 saturated heterocycles. The van der Waals surface area contributed by atoms with Gasteiger partial charge in [-0.2, -0.15) is 57.1 Å². The Bertz CT molecular complexity index is 676. The molecule has 0 aliphatic heterocycles. The highest BCUT2D eigenvalue weighted by Gasteiger charge is 2.90. The van der Waals surface area contributed by atoms with Crippen molar-refractivity contribution in [3.63, 3.8) is 0 Å². The van der Waals surface area contributed by atoms with Gasteiger partial charge in [-0.05, 0) is 45.8 Å². The van der Waals surface area contributed by atoms with Crippen LogP contribution in [0.25, 0.3) is 0 Å². The van der Waals surface area contributed by atoms with Crippen molar-refractivity contribution in [2.45, 2.75) is 55.1 Å². The highest BCUT2D eigenvalue weighted by atomic mass is 79.9. The maximum Gasteiger partial charge on any atom is 0.460 e. The standard InChI is InChI=1S/C13H8BrF13S/c14-7-6(3-5-28-7)2-1-4-8(15,16)9(17,18)10(19,20)11(21,22)12(23,24)13(25,26)27/h3,5H,1-2,4H2. The van der Waals surface area contributed by atoms with E-state index in [-0.39, 0.29) is 5.56 Å². The lowest BCUT2D eigenvalue weighted by atomic mass is 9.91. The molecule has 0 saturated carbocycles. The van der Waals surface area contributed by atoms with Gasteiger partial charge in [-0.3, -0.25) is 0 Å². The maximum absolute atomic E-state index is 13.5. The summed E-state index contributed by atoms with van der Waals surface area (Å²) in [6.07, 6.45) is -11.0. The molecule has 0 fully saturated rings. The second-order valence-corrected chi connectivity index (χ2v) is 7.81. The molecule has 15 heteroatoms. The molecule has 0 unspecified atom stereocenters. The average molecular weight is 523 g/mol. The van der Waals surface area contributed by atoms with E-state index in [1.54, 1.807) is 0 Å². The van der Waals surface area contributed by atoms with Crippen LogP contribution < -0.4 is 0 Å². The largest absolute Gasteiger partial charge is 0.460 e. The second-order valence-electron chi connectivity index (χ2n) is 5.57. The van der Waals surface area contributed by atoms with Crippen molar-refractivity contribution in [2.75, 3.05) is 0 Å². The minimum absolute atomic E-state index is 0.282. The van der Waals surface area contributed by atoms with Crippen molar-refractivity contribution in [1.82, 2.24) is 0 Å². The summed E-state index contributed by atoms with van der Waals surface area (Å²) in [7, 11) is 0. The van der Waals surface area contributed by atoms with Gasteiger partial charge in [-0.25, -0.2) is 0 Å². The zero-order valence-electron chi connectivity index (χ0n) is 13.0. The third-order valence-electron chi connectivity index (χ3n) is 3.63. The molecule has 0 amide bonds. The van der Waals surface area contributed by atoms with Crippen LogP contribution in [0.2, 0.25) is 0 Å². The molecule has 0 aliphatic carbocycles. The lowest BCUT2D eigenvalue weighted by molar-refractivity contribution is -0.440. The van der Waals surface area contributed by atoms with Gasteiger partial charge in [0.25, 0.3) is 0 Å². The number of rotatable bonds is 8. The van der Waals surface area contributed by atoms with Crippen LogP contribution in [0.15, 0.2) is 15.2 Å². The highest BCUT2D eigenvalue weighted by molar-refractivity contribution is 9.11. The Hall–Kier alpha value is -0.730. The third kappa shape index (κ3) is 3.97. The topological polar surface area (TPSA) is 0 Å². The van der Waals surface area contributed by atoms with Gasteiger partial charge < -0.3 is 0 Å². The molecule has 1 aromatic heterocycles. The van der Waals surface area contributed by atoms with Gasteiger partial charge >= 0.3 is 35.8 Å². The normalized spacial score (nSPS) is 15.2. The summed E-state index contributed by atoms with van der Waals surface area (Å²) in [6, 6.07) is 1.34. The first-order valence-corrected chi connectivity index (χ1v) is 8.59. The predicted octanol–water partition coefficient (Wildman–Crippen LogP) is 7.57. The Labute approximate surface area is 160 Å². The summed E-state index contributed by atoms with van der Waals surface area (Å²) < 4.78 is 168. The Morgan fingerprint density at radius 1 is 0.714 bits per heavy atom. The van der Waals surface area contributed by atoms with Gasteiger partial charge in [0.1, 0.15) is 0 Å². The van der Waals surface area contributed by atoms with Crippen LogP contribution in [0.1, 0.15) is 18.4 Å². The smallest absolute Gasteiger partial charge is 0.200 e. The number of hydrogen-bond acceptors (Lipinski definition) is 1. The van der Waals surface area contributed by atoms with E-state index in [1.165, 1.54) is 11.4 Å². The van der Waals surface area contributed by atoms with Crippen LogP contribution in [-0.4, -0.2) is 35.8 Å². The number of hydrogen-bond donors (Lipinski definition) is 0. The Morgan fingerprint density at radius 3 is 1.57 bits per heavy atom. The lowest BCUT2D eigenvalue weighted by Crippen LogP contribution is -2.70. The molecule has 1 heterocycles. The van der Waals surface area contributed by atoms with E-state index >= 15 is 0 Å². The number of aryl methyl sites for hydroxylation is 1. The van der Waals surface area contributed by atoms with Crippen LogP contribution in [0, 0.1) is 0 Å². The van der Waals surface area contributed by atoms with Crippen LogP contribution in [0.5, 0.6) is 0 Å². The fraction of sp³-hybridized carbons (Fsp3) is 0.692. The van der Waals surface area contributed by atoms with Crippen LogP contribution in [-0.2, 0) is 6.42 Å². The Morgan fingerprint density at radius 2 is 1.18 bits per heavy atom. The molecule has 0 aromatic carbocycles. The molecule has 28 heavy (non-hydrogen) atoms. The molecule has 0 aliphatic rings. The van der Waals surface area contributed by atoms with Crippen molar-refractivity contribution in [1.29, 1.82) is 0 Å². The van der Waals surface area contributed by atoms with Crippen LogP contribution >= 0.6 is 27.3 Å². The van der Waals surface area contributed by atoms with Crippen LogP contribution in [0.3, 0.4) is 0 Å². The number of alkyl halides is 13. The van der Waals surface area contributed by atoms with E-state index in [9.17, 15) is 57.1 Å². The summed E-state index contributed by atoms with van der Waals surface area (Å²) in [4.78, 5) is 0. The molecule has 0 spiro atoms. The minimum atomic E-state index is -7.85. The summed E-state index contributed by atoms with van der Waals surface area (Å²) in [5.41, 5.74) is 0.282. The van der Waals surface area contributed by atoms with E-state index in [1.807, 2.05) is 0 Å². The first-order valence-electron chi connectivity index (χ1n) is 6.91. The Balaban J connectivity index is 3.13. The third-order valence-corrected chi connectivity index (χ3v) is 5.44. The van der Waals surface area contributed by atoms with E-state index < -0.39 is 55.1 Å². The molecule has 1 aromatic rings. The van der Waals surface area contributed by atoms with E-state index in [0.29, 0.717) is 3.79 Å². The Kier molecular flexibility index (Phi) is 6.79. The molecular weight excluding hydrogens is 515 g/mol. The molecular formula is C13H8BrF13S. The van der Waals surface area contributed by atoms with Gasteiger partial charge in [-0.1, -0.05) is 0 Å². The SMILES string of the molecule is FC(F)(F)C(F)(F)C(F)(F)C(F)(F)C(F)(F)C(F)(F)CCCc1ccsc1Br. The summed E-state index contributed by atoms with van der Waals surface area (Å²) >= 11 is 4.01. The van der Waals surface area contributed by atoms with Gasteiger partial charge in [0, 0.05) is 6.42 Å². The van der Waals surface area contributed by atoms with Crippen LogP contribution in [0.4, 0.5) is 57.1 Å². The highest BCUT2D eigenvalue weighted by Crippen LogP contribution is 2.60. The van der Waals surface area contributed by atoms with E-state index in [2.05, 4.69) is 15.9 Å². The van der Waals surface area contributed by atoms with E-state index in [4.69, 9.17) is 0 Å². The zero-order chi connectivity index (χ0) is 22.4. The van der Waals surface area contributed by atoms with Crippen molar-refractivity contribution < 1.29 is 57.1 Å². The van der Waals surface area contributed by atoms with Gasteiger partial charge in [0.2, 0.25) is 0 Å². The zero-order valence-corrected chi connectivity index (χ0v) is 15.4. The van der Waals surface area contributed by atoms with Gasteiger partial charge in [0.05, 0.1) is 3.79 Å². The molecule has 0 N–H and O–H groups in total. The van der Waals surface area contributed by atoms with Crippen molar-refractivity contribution in [3.8, 4) is 0 Å². The van der Waals surface area contributed by atoms with E-state index in [0.717, 1.165) is 11.3 Å². The lowest BCUT2D eigenvalue weighted by Gasteiger charge is -2.39. The molecule has 164 valence electrons. The molecule has 0 nitrogen and oxygen atoms in total. The fourth-order valence-electron chi connectivity index (χ4n) is 1.96. The van der Waals surface area contributed by atoms with Gasteiger partial charge in [0.15, 0.2) is 0 Å². The maximum atomic E-state index is 13.5. The van der Waals surface area contributed by atoms with Crippen molar-refractivity contribution in [3.05, 3.63) is 20.8 Å². The molecule has 0 radical (unpaired) electrons.